The van der Waals surface area contributed by atoms with Gasteiger partial charge in [-0.2, -0.15) is 0 Å². The molecule has 140 valence electrons. The summed E-state index contributed by atoms with van der Waals surface area (Å²) < 4.78 is 24.3. The van der Waals surface area contributed by atoms with Gasteiger partial charge in [-0.15, -0.1) is 12.4 Å². The fraction of sp³-hybridized carbons (Fsp3) is 0.562. The van der Waals surface area contributed by atoms with E-state index in [1.54, 1.807) is 29.2 Å². The number of carbonyl (C=O) groups excluding carboxylic acids is 1. The number of aliphatic hydroxyl groups excluding tert-OH is 1. The molecule has 0 bridgehead atoms. The van der Waals surface area contributed by atoms with Crippen LogP contribution in [0.3, 0.4) is 0 Å². The molecule has 2 unspecified atom stereocenters. The van der Waals surface area contributed by atoms with E-state index in [2.05, 4.69) is 5.32 Å². The monoisotopic (exact) mass is 389 g/mol. The van der Waals surface area contributed by atoms with Gasteiger partial charge in [-0.05, 0) is 30.2 Å². The Labute approximate surface area is 154 Å². The molecule has 2 heterocycles. The molecule has 0 aliphatic carbocycles. The zero-order valence-corrected chi connectivity index (χ0v) is 15.9. The third kappa shape index (κ3) is 3.62. The van der Waals surface area contributed by atoms with Crippen LogP contribution in [0.4, 0.5) is 5.69 Å². The van der Waals surface area contributed by atoms with Crippen LogP contribution in [0, 0.1) is 11.3 Å². The van der Waals surface area contributed by atoms with Crippen molar-refractivity contribution in [3.63, 3.8) is 0 Å². The van der Waals surface area contributed by atoms with Gasteiger partial charge in [0, 0.05) is 44.2 Å². The van der Waals surface area contributed by atoms with Gasteiger partial charge in [-0.3, -0.25) is 9.10 Å². The molecular weight excluding hydrogens is 366 g/mol. The number of hydrogen-bond acceptors (Lipinski definition) is 5. The molecule has 2 saturated heterocycles. The highest BCUT2D eigenvalue weighted by Gasteiger charge is 2.50. The maximum absolute atomic E-state index is 12.7. The number of halogens is 1. The van der Waals surface area contributed by atoms with Crippen molar-refractivity contribution in [3.05, 3.63) is 29.8 Å². The van der Waals surface area contributed by atoms with Gasteiger partial charge in [0.15, 0.2) is 0 Å². The number of aliphatic hydroxyl groups is 1. The summed E-state index contributed by atoms with van der Waals surface area (Å²) in [5, 5.41) is 13.0. The van der Waals surface area contributed by atoms with E-state index in [1.807, 2.05) is 0 Å². The van der Waals surface area contributed by atoms with Crippen molar-refractivity contribution in [2.75, 3.05) is 50.4 Å². The molecule has 2 aliphatic heterocycles. The summed E-state index contributed by atoms with van der Waals surface area (Å²) in [6.07, 6.45) is 1.14. The Hall–Kier alpha value is -1.35. The highest BCUT2D eigenvalue weighted by Crippen LogP contribution is 2.39. The number of sulfonamides is 1. The first-order valence-electron chi connectivity index (χ1n) is 7.92. The molecule has 1 amide bonds. The number of benzene rings is 1. The number of hydrogen-bond donors (Lipinski definition) is 2. The van der Waals surface area contributed by atoms with Crippen LogP contribution in [0.15, 0.2) is 24.3 Å². The highest BCUT2D eigenvalue weighted by molar-refractivity contribution is 7.92. The Morgan fingerprint density at radius 2 is 2.04 bits per heavy atom. The Bertz CT molecular complexity index is 740. The van der Waals surface area contributed by atoms with Gasteiger partial charge in [0.05, 0.1) is 18.6 Å². The summed E-state index contributed by atoms with van der Waals surface area (Å²) in [6, 6.07) is 6.57. The van der Waals surface area contributed by atoms with Gasteiger partial charge in [0.2, 0.25) is 10.0 Å². The normalized spacial score (nSPS) is 25.4. The number of nitrogens with one attached hydrogen (secondary N) is 1. The third-order valence-corrected chi connectivity index (χ3v) is 6.46. The van der Waals surface area contributed by atoms with Gasteiger partial charge in [-0.25, -0.2) is 8.42 Å². The largest absolute Gasteiger partial charge is 0.396 e. The number of rotatable bonds is 4. The number of carbonyl (C=O) groups is 1. The topological polar surface area (TPSA) is 89.9 Å². The molecule has 1 aromatic carbocycles. The van der Waals surface area contributed by atoms with Crippen molar-refractivity contribution in [3.8, 4) is 0 Å². The van der Waals surface area contributed by atoms with Gasteiger partial charge in [-0.1, -0.05) is 0 Å². The van der Waals surface area contributed by atoms with Crippen molar-refractivity contribution in [2.24, 2.45) is 11.3 Å². The second kappa shape index (κ2) is 7.11. The zero-order chi connectivity index (χ0) is 17.5. The van der Waals surface area contributed by atoms with Crippen LogP contribution in [-0.2, 0) is 10.0 Å². The second-order valence-corrected chi connectivity index (χ2v) is 8.83. The summed E-state index contributed by atoms with van der Waals surface area (Å²) in [7, 11) is -1.85. The molecular formula is C16H24ClN3O4S. The smallest absolute Gasteiger partial charge is 0.253 e. The molecule has 7 nitrogen and oxygen atoms in total. The van der Waals surface area contributed by atoms with E-state index in [-0.39, 0.29) is 36.3 Å². The average molecular weight is 390 g/mol. The Balaban J connectivity index is 0.00000225. The van der Waals surface area contributed by atoms with Crippen LogP contribution in [0.25, 0.3) is 0 Å². The van der Waals surface area contributed by atoms with E-state index in [4.69, 9.17) is 0 Å². The van der Waals surface area contributed by atoms with Crippen molar-refractivity contribution in [1.82, 2.24) is 10.2 Å². The first-order chi connectivity index (χ1) is 11.3. The Morgan fingerprint density at radius 3 is 2.56 bits per heavy atom. The molecule has 1 aromatic rings. The fourth-order valence-corrected chi connectivity index (χ4v) is 4.09. The number of amides is 1. The first kappa shape index (κ1) is 20.0. The molecule has 0 aromatic heterocycles. The van der Waals surface area contributed by atoms with E-state index < -0.39 is 10.0 Å². The molecule has 25 heavy (non-hydrogen) atoms. The molecule has 2 fully saturated rings. The van der Waals surface area contributed by atoms with Crippen LogP contribution in [0.1, 0.15) is 10.4 Å². The lowest BCUT2D eigenvalue weighted by molar-refractivity contribution is 0.0745. The number of anilines is 1. The van der Waals surface area contributed by atoms with Gasteiger partial charge in [0.25, 0.3) is 5.91 Å². The number of fused-ring (bicyclic) bond motifs is 1. The van der Waals surface area contributed by atoms with Crippen LogP contribution in [0.2, 0.25) is 0 Å². The summed E-state index contributed by atoms with van der Waals surface area (Å²) in [5.74, 6) is 0.202. The predicted octanol–water partition coefficient (Wildman–Crippen LogP) is 0.158. The molecule has 0 radical (unpaired) electrons. The van der Waals surface area contributed by atoms with Crippen LogP contribution in [0.5, 0.6) is 0 Å². The summed E-state index contributed by atoms with van der Waals surface area (Å²) in [6.45, 7) is 2.81. The quantitative estimate of drug-likeness (QED) is 0.765. The summed E-state index contributed by atoms with van der Waals surface area (Å²) >= 11 is 0. The van der Waals surface area contributed by atoms with E-state index in [0.717, 1.165) is 19.3 Å². The SMILES string of the molecule is CN(c1ccc(C(=O)N2CC3CNCC3(CO)C2)cc1)S(C)(=O)=O.Cl. The Kier molecular flexibility index (Phi) is 5.68. The predicted molar refractivity (Wildman–Crippen MR) is 98.7 cm³/mol. The summed E-state index contributed by atoms with van der Waals surface area (Å²) in [5.41, 5.74) is 0.816. The van der Waals surface area contributed by atoms with Gasteiger partial charge in [0.1, 0.15) is 0 Å². The molecule has 9 heteroatoms. The lowest BCUT2D eigenvalue weighted by Crippen LogP contribution is -2.37. The van der Waals surface area contributed by atoms with Crippen LogP contribution >= 0.6 is 12.4 Å². The standard InChI is InChI=1S/C16H23N3O4S.ClH/c1-18(24(2,22)23)14-5-3-12(4-6-14)15(21)19-8-13-7-17-9-16(13,10-19)11-20;/h3-6,13,17,20H,7-11H2,1-2H3;1H. The summed E-state index contributed by atoms with van der Waals surface area (Å²) in [4.78, 5) is 14.5. The van der Waals surface area contributed by atoms with Crippen molar-refractivity contribution in [1.29, 1.82) is 0 Å². The molecule has 0 spiro atoms. The Morgan fingerprint density at radius 1 is 1.40 bits per heavy atom. The fourth-order valence-electron chi connectivity index (χ4n) is 3.59. The molecule has 2 aliphatic rings. The molecule has 3 rings (SSSR count). The zero-order valence-electron chi connectivity index (χ0n) is 14.3. The van der Waals surface area contributed by atoms with Gasteiger partial charge < -0.3 is 15.3 Å². The number of nitrogens with zero attached hydrogens (tertiary/aromatic N) is 2. The average Bonchev–Trinajstić information content (AvgIpc) is 3.10. The van der Waals surface area contributed by atoms with E-state index in [0.29, 0.717) is 24.3 Å². The van der Waals surface area contributed by atoms with Crippen molar-refractivity contribution in [2.45, 2.75) is 0 Å². The van der Waals surface area contributed by atoms with Gasteiger partial charge >= 0.3 is 0 Å². The maximum atomic E-state index is 12.7. The second-order valence-electron chi connectivity index (χ2n) is 6.81. The minimum absolute atomic E-state index is 0. The molecule has 2 N–H and O–H groups in total. The molecule has 0 saturated carbocycles. The third-order valence-electron chi connectivity index (χ3n) is 5.26. The lowest BCUT2D eigenvalue weighted by atomic mass is 9.82. The van der Waals surface area contributed by atoms with E-state index >= 15 is 0 Å². The maximum Gasteiger partial charge on any atom is 0.253 e. The van der Waals surface area contributed by atoms with Crippen molar-refractivity contribution < 1.29 is 18.3 Å². The van der Waals surface area contributed by atoms with Crippen molar-refractivity contribution >= 4 is 34.0 Å². The van der Waals surface area contributed by atoms with E-state index in [9.17, 15) is 18.3 Å². The lowest BCUT2D eigenvalue weighted by Gasteiger charge is -2.25. The minimum Gasteiger partial charge on any atom is -0.396 e. The highest BCUT2D eigenvalue weighted by atomic mass is 35.5. The molecule has 2 atom stereocenters. The minimum atomic E-state index is -3.32. The van der Waals surface area contributed by atoms with E-state index in [1.165, 1.54) is 11.4 Å². The van der Waals surface area contributed by atoms with Crippen LogP contribution < -0.4 is 9.62 Å². The first-order valence-corrected chi connectivity index (χ1v) is 9.76. The number of likely N-dealkylation sites (tertiary alicyclic amines) is 1. The van der Waals surface area contributed by atoms with Crippen LogP contribution in [-0.4, -0.2) is 70.4 Å².